The lowest BCUT2D eigenvalue weighted by Gasteiger charge is -2.28. The van der Waals surface area contributed by atoms with Gasteiger partial charge in [-0.15, -0.1) is 0 Å². The molecule has 39 heavy (non-hydrogen) atoms. The normalized spacial score (nSPS) is 10.9. The maximum Gasteiger partial charge on any atom is 0.322 e. The van der Waals surface area contributed by atoms with E-state index >= 15 is 0 Å². The van der Waals surface area contributed by atoms with Crippen LogP contribution in [0, 0.1) is 11.6 Å². The molecule has 0 fully saturated rings. The summed E-state index contributed by atoms with van der Waals surface area (Å²) in [6, 6.07) is 19.2. The van der Waals surface area contributed by atoms with E-state index < -0.39 is 11.8 Å². The number of methoxy groups -OCH3 is 1. The fourth-order valence-corrected chi connectivity index (χ4v) is 4.37. The number of fused-ring (bicyclic) bond motifs is 1. The van der Waals surface area contributed by atoms with Crippen molar-refractivity contribution in [2.24, 2.45) is 0 Å². The van der Waals surface area contributed by atoms with Crippen molar-refractivity contribution in [2.75, 3.05) is 38.7 Å². The van der Waals surface area contributed by atoms with Crippen LogP contribution in [0.15, 0.2) is 79.0 Å². The summed E-state index contributed by atoms with van der Waals surface area (Å²) in [6.07, 6.45) is 3.02. The lowest BCUT2D eigenvalue weighted by Crippen LogP contribution is -2.45. The van der Waals surface area contributed by atoms with Crippen LogP contribution in [-0.4, -0.2) is 60.1 Å². The third-order valence-electron chi connectivity index (χ3n) is 6.47. The Balaban J connectivity index is 1.51. The fourth-order valence-electron chi connectivity index (χ4n) is 4.37. The molecule has 1 heterocycles. The molecule has 0 aliphatic rings. The molecule has 0 unspecified atom stereocenters. The number of halogens is 2. The number of hydrogen-bond acceptors (Lipinski definition) is 3. The van der Waals surface area contributed by atoms with Crippen LogP contribution in [-0.2, 0) is 22.5 Å². The number of carbonyl (C=O) groups is 2. The van der Waals surface area contributed by atoms with Gasteiger partial charge in [0.25, 0.3) is 0 Å². The highest BCUT2D eigenvalue weighted by Crippen LogP contribution is 2.19. The molecule has 204 valence electrons. The molecule has 0 aliphatic heterocycles. The monoisotopic (exact) mass is 534 g/mol. The van der Waals surface area contributed by atoms with Gasteiger partial charge in [-0.25, -0.2) is 13.6 Å². The number of aromatic amines is 1. The van der Waals surface area contributed by atoms with Crippen molar-refractivity contribution < 1.29 is 23.1 Å². The molecule has 2 N–H and O–H groups in total. The second-order valence-corrected chi connectivity index (χ2v) is 9.23. The molecule has 0 bridgehead atoms. The number of aromatic nitrogens is 1. The van der Waals surface area contributed by atoms with Gasteiger partial charge >= 0.3 is 6.03 Å². The minimum absolute atomic E-state index is 0.0363. The van der Waals surface area contributed by atoms with E-state index in [-0.39, 0.29) is 37.0 Å². The summed E-state index contributed by atoms with van der Waals surface area (Å²) < 4.78 is 32.8. The van der Waals surface area contributed by atoms with Crippen LogP contribution >= 0.6 is 0 Å². The van der Waals surface area contributed by atoms with Gasteiger partial charge in [0.1, 0.15) is 18.2 Å². The first-order chi connectivity index (χ1) is 18.9. The number of carbonyl (C=O) groups excluding carboxylic acids is 2. The molecule has 9 heteroatoms. The zero-order valence-electron chi connectivity index (χ0n) is 21.8. The number of urea groups is 1. The minimum Gasteiger partial charge on any atom is -0.385 e. The standard InChI is InChI=1S/C30H32F2N4O3/c1-39-18-6-16-36(30(38)34-28-10-5-3-8-26(28)32)21-29(37)35(20-22-11-13-24(31)14-12-22)17-15-23-19-33-27-9-4-2-7-25(23)27/h2-5,7-14,19,33H,6,15-18,20-21H2,1H3,(H,34,38). The zero-order valence-corrected chi connectivity index (χ0v) is 21.8. The number of amides is 3. The van der Waals surface area contributed by atoms with Crippen LogP contribution in [0.25, 0.3) is 10.9 Å². The maximum absolute atomic E-state index is 14.2. The number of rotatable bonds is 12. The third-order valence-corrected chi connectivity index (χ3v) is 6.47. The molecule has 7 nitrogen and oxygen atoms in total. The molecule has 0 radical (unpaired) electrons. The molecular weight excluding hydrogens is 502 g/mol. The lowest BCUT2D eigenvalue weighted by molar-refractivity contribution is -0.132. The van der Waals surface area contributed by atoms with Crippen molar-refractivity contribution in [2.45, 2.75) is 19.4 Å². The Kier molecular flexibility index (Phi) is 9.64. The molecule has 0 atom stereocenters. The second kappa shape index (κ2) is 13.5. The van der Waals surface area contributed by atoms with Crippen molar-refractivity contribution in [1.29, 1.82) is 0 Å². The highest BCUT2D eigenvalue weighted by atomic mass is 19.1. The number of H-pyrrole nitrogens is 1. The summed E-state index contributed by atoms with van der Waals surface area (Å²) in [5.74, 6) is -1.20. The molecule has 0 saturated carbocycles. The average Bonchev–Trinajstić information content (AvgIpc) is 3.36. The number of nitrogens with one attached hydrogen (secondary N) is 2. The Morgan fingerprint density at radius 3 is 2.44 bits per heavy atom. The number of para-hydroxylation sites is 2. The lowest BCUT2D eigenvalue weighted by atomic mass is 10.1. The summed E-state index contributed by atoms with van der Waals surface area (Å²) in [5.41, 5.74) is 2.88. The van der Waals surface area contributed by atoms with E-state index in [0.29, 0.717) is 26.0 Å². The Hall–Kier alpha value is -4.24. The second-order valence-electron chi connectivity index (χ2n) is 9.23. The topological polar surface area (TPSA) is 77.7 Å². The van der Waals surface area contributed by atoms with Crippen molar-refractivity contribution in [1.82, 2.24) is 14.8 Å². The molecular formula is C30H32F2N4O3. The van der Waals surface area contributed by atoms with E-state index in [1.165, 1.54) is 35.2 Å². The summed E-state index contributed by atoms with van der Waals surface area (Å²) in [6.45, 7) is 1.07. The summed E-state index contributed by atoms with van der Waals surface area (Å²) in [4.78, 5) is 33.0. The van der Waals surface area contributed by atoms with E-state index in [2.05, 4.69) is 10.3 Å². The van der Waals surface area contributed by atoms with Crippen LogP contribution in [0.5, 0.6) is 0 Å². The Morgan fingerprint density at radius 2 is 1.67 bits per heavy atom. The Labute approximate surface area is 226 Å². The quantitative estimate of drug-likeness (QED) is 0.233. The number of ether oxygens (including phenoxy) is 1. The number of anilines is 1. The predicted octanol–water partition coefficient (Wildman–Crippen LogP) is 5.59. The van der Waals surface area contributed by atoms with E-state index in [4.69, 9.17) is 4.74 Å². The summed E-state index contributed by atoms with van der Waals surface area (Å²) in [7, 11) is 1.56. The molecule has 1 aromatic heterocycles. The van der Waals surface area contributed by atoms with Gasteiger partial charge in [-0.3, -0.25) is 4.79 Å². The van der Waals surface area contributed by atoms with Gasteiger partial charge in [0.05, 0.1) is 5.69 Å². The fraction of sp³-hybridized carbons (Fsp3) is 0.267. The number of nitrogens with zero attached hydrogens (tertiary/aromatic N) is 2. The predicted molar refractivity (Wildman–Crippen MR) is 147 cm³/mol. The maximum atomic E-state index is 14.2. The first kappa shape index (κ1) is 27.8. The molecule has 3 aromatic carbocycles. The highest BCUT2D eigenvalue weighted by molar-refractivity contribution is 5.92. The van der Waals surface area contributed by atoms with Gasteiger partial charge in [-0.05, 0) is 54.3 Å². The molecule has 4 rings (SSSR count). The van der Waals surface area contributed by atoms with E-state index in [0.717, 1.165) is 22.0 Å². The average molecular weight is 535 g/mol. The van der Waals surface area contributed by atoms with Crippen LogP contribution in [0.4, 0.5) is 19.3 Å². The van der Waals surface area contributed by atoms with Crippen molar-refractivity contribution in [3.05, 3.63) is 102 Å². The minimum atomic E-state index is -0.581. The molecule has 3 amide bonds. The van der Waals surface area contributed by atoms with E-state index in [1.807, 2.05) is 30.5 Å². The van der Waals surface area contributed by atoms with Gasteiger partial charge in [0, 0.05) is 50.5 Å². The molecule has 0 spiro atoms. The van der Waals surface area contributed by atoms with Crippen LogP contribution in [0.3, 0.4) is 0 Å². The highest BCUT2D eigenvalue weighted by Gasteiger charge is 2.23. The van der Waals surface area contributed by atoms with Crippen molar-refractivity contribution in [3.63, 3.8) is 0 Å². The zero-order chi connectivity index (χ0) is 27.6. The van der Waals surface area contributed by atoms with Crippen LogP contribution < -0.4 is 5.32 Å². The third kappa shape index (κ3) is 7.64. The van der Waals surface area contributed by atoms with Gasteiger partial charge in [-0.1, -0.05) is 42.5 Å². The number of hydrogen-bond donors (Lipinski definition) is 2. The van der Waals surface area contributed by atoms with Gasteiger partial charge in [0.15, 0.2) is 0 Å². The Morgan fingerprint density at radius 1 is 0.923 bits per heavy atom. The summed E-state index contributed by atoms with van der Waals surface area (Å²) in [5, 5.41) is 3.65. The molecule has 0 aliphatic carbocycles. The van der Waals surface area contributed by atoms with Gasteiger partial charge in [0.2, 0.25) is 5.91 Å². The SMILES string of the molecule is COCCCN(CC(=O)N(CCc1c[nH]c2ccccc12)Cc1ccc(F)cc1)C(=O)Nc1ccccc1F. The van der Waals surface area contributed by atoms with Crippen LogP contribution in [0.2, 0.25) is 0 Å². The van der Waals surface area contributed by atoms with E-state index in [9.17, 15) is 18.4 Å². The Bertz CT molecular complexity index is 1390. The smallest absolute Gasteiger partial charge is 0.322 e. The first-order valence-electron chi connectivity index (χ1n) is 12.8. The van der Waals surface area contributed by atoms with Crippen molar-refractivity contribution >= 4 is 28.5 Å². The molecule has 4 aromatic rings. The number of benzene rings is 3. The largest absolute Gasteiger partial charge is 0.385 e. The van der Waals surface area contributed by atoms with Crippen LogP contribution in [0.1, 0.15) is 17.5 Å². The van der Waals surface area contributed by atoms with E-state index in [1.54, 1.807) is 30.2 Å². The summed E-state index contributed by atoms with van der Waals surface area (Å²) >= 11 is 0. The van der Waals surface area contributed by atoms with Crippen molar-refractivity contribution in [3.8, 4) is 0 Å². The van der Waals surface area contributed by atoms with Gasteiger partial charge in [-0.2, -0.15) is 0 Å². The first-order valence-corrected chi connectivity index (χ1v) is 12.8. The van der Waals surface area contributed by atoms with Gasteiger partial charge < -0.3 is 24.8 Å². The molecule has 0 saturated heterocycles.